The summed E-state index contributed by atoms with van der Waals surface area (Å²) in [5, 5.41) is 10.9. The Hall–Kier alpha value is -1.14. The highest BCUT2D eigenvalue weighted by atomic mass is 16.5. The Bertz CT molecular complexity index is 296. The Balaban J connectivity index is 1.86. The standard InChI is InChI=1S/C9H16N4O2/c10-4-3-8-12-13-9(15-8)11-7-2-1-5-14-6-7/h7H,1-6,10H2,(H,11,13). The van der Waals surface area contributed by atoms with Crippen molar-refractivity contribution in [1.82, 2.24) is 10.2 Å². The molecule has 3 N–H and O–H groups in total. The van der Waals surface area contributed by atoms with Crippen LogP contribution in [0.5, 0.6) is 0 Å². The van der Waals surface area contributed by atoms with Crippen LogP contribution in [0.2, 0.25) is 0 Å². The Kier molecular flexibility index (Phi) is 3.52. The van der Waals surface area contributed by atoms with E-state index in [0.29, 0.717) is 31.5 Å². The molecule has 15 heavy (non-hydrogen) atoms. The van der Waals surface area contributed by atoms with E-state index in [2.05, 4.69) is 15.5 Å². The lowest BCUT2D eigenvalue weighted by Crippen LogP contribution is -2.30. The zero-order valence-electron chi connectivity index (χ0n) is 8.61. The smallest absolute Gasteiger partial charge is 0.315 e. The van der Waals surface area contributed by atoms with Gasteiger partial charge in [0.05, 0.1) is 12.6 Å². The zero-order valence-corrected chi connectivity index (χ0v) is 8.61. The first-order valence-electron chi connectivity index (χ1n) is 5.25. The van der Waals surface area contributed by atoms with Crippen molar-refractivity contribution in [1.29, 1.82) is 0 Å². The molecule has 0 aliphatic carbocycles. The van der Waals surface area contributed by atoms with Gasteiger partial charge in [0.25, 0.3) is 0 Å². The lowest BCUT2D eigenvalue weighted by Gasteiger charge is -2.21. The molecular formula is C9H16N4O2. The Morgan fingerprint density at radius 2 is 2.40 bits per heavy atom. The van der Waals surface area contributed by atoms with Crippen molar-refractivity contribution < 1.29 is 9.15 Å². The molecule has 2 rings (SSSR count). The molecule has 1 aromatic heterocycles. The van der Waals surface area contributed by atoms with Crippen LogP contribution in [-0.2, 0) is 11.2 Å². The SMILES string of the molecule is NCCc1nnc(NC2CCCOC2)o1. The molecule has 6 heteroatoms. The van der Waals surface area contributed by atoms with Gasteiger partial charge in [-0.3, -0.25) is 0 Å². The summed E-state index contributed by atoms with van der Waals surface area (Å²) < 4.78 is 10.7. The summed E-state index contributed by atoms with van der Waals surface area (Å²) in [6.07, 6.45) is 2.77. The molecule has 0 bridgehead atoms. The summed E-state index contributed by atoms with van der Waals surface area (Å²) in [5.41, 5.74) is 5.39. The second-order valence-electron chi connectivity index (χ2n) is 3.60. The highest BCUT2D eigenvalue weighted by Crippen LogP contribution is 2.13. The molecular weight excluding hydrogens is 196 g/mol. The second kappa shape index (κ2) is 5.09. The third kappa shape index (κ3) is 2.90. The third-order valence-corrected chi connectivity index (χ3v) is 2.31. The van der Waals surface area contributed by atoms with E-state index in [1.54, 1.807) is 0 Å². The number of hydrogen-bond acceptors (Lipinski definition) is 6. The van der Waals surface area contributed by atoms with E-state index in [1.165, 1.54) is 0 Å². The molecule has 0 amide bonds. The molecule has 0 saturated carbocycles. The van der Waals surface area contributed by atoms with E-state index in [9.17, 15) is 0 Å². The largest absolute Gasteiger partial charge is 0.408 e. The van der Waals surface area contributed by atoms with Gasteiger partial charge in [-0.15, -0.1) is 5.10 Å². The van der Waals surface area contributed by atoms with Gasteiger partial charge < -0.3 is 20.2 Å². The van der Waals surface area contributed by atoms with E-state index in [4.69, 9.17) is 14.9 Å². The molecule has 0 aromatic carbocycles. The Morgan fingerprint density at radius 1 is 1.47 bits per heavy atom. The predicted molar refractivity (Wildman–Crippen MR) is 54.5 cm³/mol. The normalized spacial score (nSPS) is 21.5. The summed E-state index contributed by atoms with van der Waals surface area (Å²) in [6.45, 7) is 2.07. The van der Waals surface area contributed by atoms with Gasteiger partial charge >= 0.3 is 6.01 Å². The van der Waals surface area contributed by atoms with E-state index in [-0.39, 0.29) is 6.04 Å². The van der Waals surface area contributed by atoms with Gasteiger partial charge in [0, 0.05) is 19.6 Å². The van der Waals surface area contributed by atoms with E-state index >= 15 is 0 Å². The fourth-order valence-corrected chi connectivity index (χ4v) is 1.57. The maximum Gasteiger partial charge on any atom is 0.315 e. The summed E-state index contributed by atoms with van der Waals surface area (Å²) in [4.78, 5) is 0. The molecule has 0 spiro atoms. The minimum atomic E-state index is 0.282. The average molecular weight is 212 g/mol. The Labute approximate surface area is 88.2 Å². The first-order valence-corrected chi connectivity index (χ1v) is 5.25. The number of nitrogens with zero attached hydrogens (tertiary/aromatic N) is 2. The van der Waals surface area contributed by atoms with Crippen LogP contribution in [0.25, 0.3) is 0 Å². The zero-order chi connectivity index (χ0) is 10.5. The van der Waals surface area contributed by atoms with Crippen LogP contribution in [0.15, 0.2) is 4.42 Å². The van der Waals surface area contributed by atoms with Gasteiger partial charge in [0.15, 0.2) is 0 Å². The Morgan fingerprint density at radius 3 is 3.13 bits per heavy atom. The fourth-order valence-electron chi connectivity index (χ4n) is 1.57. The van der Waals surface area contributed by atoms with Gasteiger partial charge in [-0.2, -0.15) is 0 Å². The van der Waals surface area contributed by atoms with Crippen LogP contribution < -0.4 is 11.1 Å². The van der Waals surface area contributed by atoms with Crippen LogP contribution in [0, 0.1) is 0 Å². The number of nitrogens with one attached hydrogen (secondary N) is 1. The van der Waals surface area contributed by atoms with Gasteiger partial charge in [-0.1, -0.05) is 5.10 Å². The van der Waals surface area contributed by atoms with Crippen molar-refractivity contribution >= 4 is 6.01 Å². The molecule has 84 valence electrons. The van der Waals surface area contributed by atoms with Gasteiger partial charge in [-0.25, -0.2) is 0 Å². The van der Waals surface area contributed by atoms with Crippen molar-refractivity contribution in [2.75, 3.05) is 25.1 Å². The number of hydrogen-bond donors (Lipinski definition) is 2. The van der Waals surface area contributed by atoms with Crippen LogP contribution in [0.3, 0.4) is 0 Å². The number of nitrogens with two attached hydrogens (primary N) is 1. The molecule has 1 unspecified atom stereocenters. The predicted octanol–water partition coefficient (Wildman–Crippen LogP) is 0.162. The topological polar surface area (TPSA) is 86.2 Å². The molecule has 0 radical (unpaired) electrons. The summed E-state index contributed by atoms with van der Waals surface area (Å²) in [7, 11) is 0. The minimum absolute atomic E-state index is 0.282. The van der Waals surface area contributed by atoms with Crippen molar-refractivity contribution in [2.45, 2.75) is 25.3 Å². The number of rotatable bonds is 4. The van der Waals surface area contributed by atoms with Crippen molar-refractivity contribution in [2.24, 2.45) is 5.73 Å². The van der Waals surface area contributed by atoms with Crippen LogP contribution in [-0.4, -0.2) is 36.0 Å². The first kappa shape index (κ1) is 10.4. The highest BCUT2D eigenvalue weighted by molar-refractivity contribution is 5.19. The summed E-state index contributed by atoms with van der Waals surface area (Å²) >= 11 is 0. The third-order valence-electron chi connectivity index (χ3n) is 2.31. The van der Waals surface area contributed by atoms with Crippen LogP contribution >= 0.6 is 0 Å². The van der Waals surface area contributed by atoms with Gasteiger partial charge in [0.2, 0.25) is 5.89 Å². The monoisotopic (exact) mass is 212 g/mol. The number of ether oxygens (including phenoxy) is 1. The molecule has 1 aliphatic rings. The van der Waals surface area contributed by atoms with Crippen molar-refractivity contribution in [3.05, 3.63) is 5.89 Å². The summed E-state index contributed by atoms with van der Waals surface area (Å²) in [6, 6.07) is 0.749. The first-order chi connectivity index (χ1) is 7.38. The van der Waals surface area contributed by atoms with E-state index < -0.39 is 0 Å². The maximum atomic E-state index is 5.39. The van der Waals surface area contributed by atoms with Crippen LogP contribution in [0.1, 0.15) is 18.7 Å². The quantitative estimate of drug-likeness (QED) is 0.739. The fraction of sp³-hybridized carbons (Fsp3) is 0.778. The van der Waals surface area contributed by atoms with Gasteiger partial charge in [0.1, 0.15) is 0 Å². The lowest BCUT2D eigenvalue weighted by molar-refractivity contribution is 0.0868. The second-order valence-corrected chi connectivity index (χ2v) is 3.60. The molecule has 1 fully saturated rings. The van der Waals surface area contributed by atoms with E-state index in [0.717, 1.165) is 19.4 Å². The number of anilines is 1. The maximum absolute atomic E-state index is 5.39. The number of aromatic nitrogens is 2. The molecule has 1 aromatic rings. The lowest BCUT2D eigenvalue weighted by atomic mass is 10.1. The molecule has 1 aliphatic heterocycles. The van der Waals surface area contributed by atoms with Gasteiger partial charge in [-0.05, 0) is 12.8 Å². The molecule has 1 saturated heterocycles. The van der Waals surface area contributed by atoms with Crippen molar-refractivity contribution in [3.8, 4) is 0 Å². The van der Waals surface area contributed by atoms with Crippen LogP contribution in [0.4, 0.5) is 6.01 Å². The summed E-state index contributed by atoms with van der Waals surface area (Å²) in [5.74, 6) is 0.580. The molecule has 6 nitrogen and oxygen atoms in total. The minimum Gasteiger partial charge on any atom is -0.408 e. The van der Waals surface area contributed by atoms with Crippen molar-refractivity contribution in [3.63, 3.8) is 0 Å². The average Bonchev–Trinajstić information content (AvgIpc) is 2.68. The highest BCUT2D eigenvalue weighted by Gasteiger charge is 2.16. The van der Waals surface area contributed by atoms with E-state index in [1.807, 2.05) is 0 Å². The molecule has 2 heterocycles. The molecule has 1 atom stereocenters.